The van der Waals surface area contributed by atoms with Crippen LogP contribution in [0.4, 0.5) is 0 Å². The highest BCUT2D eigenvalue weighted by Crippen LogP contribution is 2.68. The van der Waals surface area contributed by atoms with Gasteiger partial charge in [-0.05, 0) is 108 Å². The lowest BCUT2D eigenvalue weighted by Gasteiger charge is -2.49. The molecule has 3 nitrogen and oxygen atoms in total. The third kappa shape index (κ3) is 5.11. The van der Waals surface area contributed by atoms with E-state index in [9.17, 15) is 0 Å². The first kappa shape index (κ1) is 38.2. The summed E-state index contributed by atoms with van der Waals surface area (Å²) in [6.07, 6.45) is 0. The number of rotatable bonds is 4. The summed E-state index contributed by atoms with van der Waals surface area (Å²) in [7, 11) is 0. The Labute approximate surface area is 399 Å². The number of hydrogen-bond donors (Lipinski definition) is 0. The zero-order chi connectivity index (χ0) is 45.3. The fourth-order valence-electron chi connectivity index (χ4n) is 12.7. The van der Waals surface area contributed by atoms with Gasteiger partial charge < -0.3 is 4.42 Å². The highest BCUT2D eigenvalue weighted by atomic mass is 16.3. The van der Waals surface area contributed by atoms with E-state index in [2.05, 4.69) is 218 Å². The highest BCUT2D eigenvalue weighted by molar-refractivity contribution is 6.13. The van der Waals surface area contributed by atoms with Crippen molar-refractivity contribution in [1.29, 1.82) is 0 Å². The van der Waals surface area contributed by atoms with Crippen LogP contribution in [0.2, 0.25) is 0 Å². The van der Waals surface area contributed by atoms with Crippen LogP contribution in [0.3, 0.4) is 0 Å². The monoisotopic (exact) mass is 876 g/mol. The van der Waals surface area contributed by atoms with E-state index in [1.54, 1.807) is 0 Å². The van der Waals surface area contributed by atoms with Crippen LogP contribution in [0.15, 0.2) is 247 Å². The van der Waals surface area contributed by atoms with Crippen LogP contribution in [0.5, 0.6) is 0 Å². The first-order valence-corrected chi connectivity index (χ1v) is 23.8. The average Bonchev–Trinajstić information content (AvgIpc) is 4.06. The van der Waals surface area contributed by atoms with E-state index in [0.29, 0.717) is 5.82 Å². The molecule has 69 heavy (non-hydrogen) atoms. The van der Waals surface area contributed by atoms with Crippen molar-refractivity contribution in [3.05, 3.63) is 287 Å². The molecule has 2 spiro atoms. The fourth-order valence-corrected chi connectivity index (χ4v) is 12.7. The summed E-state index contributed by atoms with van der Waals surface area (Å²) < 4.78 is 6.78. The summed E-state index contributed by atoms with van der Waals surface area (Å²) in [4.78, 5) is 10.3. The van der Waals surface area contributed by atoms with E-state index >= 15 is 0 Å². The smallest absolute Gasteiger partial charge is 0.160 e. The summed E-state index contributed by atoms with van der Waals surface area (Å²) in [5, 5.41) is 2.30. The van der Waals surface area contributed by atoms with Crippen LogP contribution in [0, 0.1) is 0 Å². The highest BCUT2D eigenvalue weighted by Gasteiger charge is 2.59. The lowest BCUT2D eigenvalue weighted by Crippen LogP contribution is -2.43. The Balaban J connectivity index is 1.01. The predicted molar refractivity (Wildman–Crippen MR) is 279 cm³/mol. The van der Waals surface area contributed by atoms with Crippen LogP contribution >= 0.6 is 0 Å². The Morgan fingerprint density at radius 2 is 0.783 bits per heavy atom. The van der Waals surface area contributed by atoms with Gasteiger partial charge >= 0.3 is 0 Å². The molecule has 0 saturated carbocycles. The maximum absolute atomic E-state index is 6.78. The van der Waals surface area contributed by atoms with Crippen LogP contribution in [0.1, 0.15) is 44.5 Å². The Bertz CT molecular complexity index is 3940. The van der Waals surface area contributed by atoms with Crippen molar-refractivity contribution in [1.82, 2.24) is 9.97 Å². The van der Waals surface area contributed by atoms with E-state index < -0.39 is 10.8 Å². The molecule has 0 bridgehead atoms. The second-order valence-corrected chi connectivity index (χ2v) is 18.7. The van der Waals surface area contributed by atoms with Gasteiger partial charge in [0, 0.05) is 27.5 Å². The molecule has 0 radical (unpaired) electrons. The summed E-state index contributed by atoms with van der Waals surface area (Å²) in [5.41, 5.74) is 23.1. The minimum atomic E-state index is -0.711. The van der Waals surface area contributed by atoms with Gasteiger partial charge in [-0.3, -0.25) is 0 Å². The lowest BCUT2D eigenvalue weighted by atomic mass is 9.52. The van der Waals surface area contributed by atoms with Crippen molar-refractivity contribution in [2.45, 2.75) is 10.8 Å². The van der Waals surface area contributed by atoms with Crippen molar-refractivity contribution in [3.63, 3.8) is 0 Å². The largest absolute Gasteiger partial charge is 0.456 e. The van der Waals surface area contributed by atoms with Crippen LogP contribution in [0.25, 0.3) is 89.2 Å². The minimum Gasteiger partial charge on any atom is -0.456 e. The van der Waals surface area contributed by atoms with E-state index in [1.807, 2.05) is 24.3 Å². The molecule has 15 rings (SSSR count). The normalized spacial score (nSPS) is 14.0. The molecule has 0 aliphatic heterocycles. The minimum absolute atomic E-state index is 0.540. The standard InChI is InChI=1S/C66H40N2O/c1-3-18-41(19-4-1)58-40-59(68-64(67-58)42-20-5-2-6-21-42)45-23-17-22-43(38-45)44-34-35-48-49-36-37-61-62(50-26-9-16-33-60(50)69-61)63(49)66(57(48)39-44)55-31-14-12-29-53(55)65(54-30-13-15-32-56(54)66)51-27-10-7-24-46(51)47-25-8-11-28-52(47)65/h1-40H. The van der Waals surface area contributed by atoms with Crippen molar-refractivity contribution < 1.29 is 4.42 Å². The zero-order valence-corrected chi connectivity index (χ0v) is 37.4. The van der Waals surface area contributed by atoms with Crippen molar-refractivity contribution in [3.8, 4) is 67.3 Å². The number of hydrogen-bond acceptors (Lipinski definition) is 3. The SMILES string of the molecule is c1ccc(-c2cc(-c3cccc(-c4ccc5c(c4)C4(c6ccccc6C6(c7ccccc7-c7ccccc76)c6ccccc64)c4c-5ccc5oc6ccccc6c45)c3)nc(-c3ccccc3)n2)cc1. The molecule has 12 aromatic rings. The molecular formula is C66H40N2O. The maximum Gasteiger partial charge on any atom is 0.160 e. The Morgan fingerprint density at radius 3 is 1.46 bits per heavy atom. The summed E-state index contributed by atoms with van der Waals surface area (Å²) in [6, 6.07) is 88.8. The van der Waals surface area contributed by atoms with E-state index in [0.717, 1.165) is 55.8 Å². The molecule has 0 fully saturated rings. The van der Waals surface area contributed by atoms with Gasteiger partial charge in [-0.2, -0.15) is 0 Å². The second kappa shape index (κ2) is 14.3. The van der Waals surface area contributed by atoms with Crippen molar-refractivity contribution in [2.24, 2.45) is 0 Å². The molecule has 0 saturated heterocycles. The number of aromatic nitrogens is 2. The van der Waals surface area contributed by atoms with Gasteiger partial charge in [-0.1, -0.05) is 212 Å². The molecule has 0 atom stereocenters. The first-order chi connectivity index (χ1) is 34.2. The zero-order valence-electron chi connectivity index (χ0n) is 37.4. The molecule has 3 aliphatic carbocycles. The molecule has 0 N–H and O–H groups in total. The number of fused-ring (bicyclic) bond motifs is 20. The number of para-hydroxylation sites is 1. The number of benzene rings is 10. The Hall–Kier alpha value is -8.92. The van der Waals surface area contributed by atoms with Crippen molar-refractivity contribution in [2.75, 3.05) is 0 Å². The van der Waals surface area contributed by atoms with E-state index in [1.165, 1.54) is 72.1 Å². The molecule has 3 heteroatoms. The lowest BCUT2D eigenvalue weighted by molar-refractivity contribution is 0.634. The van der Waals surface area contributed by atoms with Crippen LogP contribution in [-0.2, 0) is 10.8 Å². The van der Waals surface area contributed by atoms with Gasteiger partial charge in [0.1, 0.15) is 11.2 Å². The van der Waals surface area contributed by atoms with E-state index in [-0.39, 0.29) is 0 Å². The first-order valence-electron chi connectivity index (χ1n) is 23.8. The average molecular weight is 877 g/mol. The fraction of sp³-hybridized carbons (Fsp3) is 0.0303. The number of nitrogens with zero attached hydrogens (tertiary/aromatic N) is 2. The maximum atomic E-state index is 6.78. The third-order valence-corrected chi connectivity index (χ3v) is 15.4. The molecule has 10 aromatic carbocycles. The summed E-state index contributed by atoms with van der Waals surface area (Å²) in [5.74, 6) is 0.701. The van der Waals surface area contributed by atoms with Gasteiger partial charge in [-0.25, -0.2) is 9.97 Å². The van der Waals surface area contributed by atoms with Gasteiger partial charge in [-0.15, -0.1) is 0 Å². The number of furan rings is 1. The molecule has 320 valence electrons. The van der Waals surface area contributed by atoms with Crippen LogP contribution in [-0.4, -0.2) is 9.97 Å². The Morgan fingerprint density at radius 1 is 0.290 bits per heavy atom. The van der Waals surface area contributed by atoms with Gasteiger partial charge in [0.25, 0.3) is 0 Å². The Kier molecular flexibility index (Phi) is 7.92. The summed E-state index contributed by atoms with van der Waals surface area (Å²) >= 11 is 0. The molecule has 3 aliphatic rings. The van der Waals surface area contributed by atoms with Gasteiger partial charge in [0.15, 0.2) is 5.82 Å². The topological polar surface area (TPSA) is 38.9 Å². The molecule has 2 aromatic heterocycles. The van der Waals surface area contributed by atoms with Gasteiger partial charge in [0.2, 0.25) is 0 Å². The molecule has 0 amide bonds. The predicted octanol–water partition coefficient (Wildman–Crippen LogP) is 16.1. The molecule has 0 unspecified atom stereocenters. The quantitative estimate of drug-likeness (QED) is 0.177. The third-order valence-electron chi connectivity index (χ3n) is 15.4. The molecule has 2 heterocycles. The second-order valence-electron chi connectivity index (χ2n) is 18.7. The summed E-state index contributed by atoms with van der Waals surface area (Å²) in [6.45, 7) is 0. The van der Waals surface area contributed by atoms with E-state index in [4.69, 9.17) is 14.4 Å². The molecular weight excluding hydrogens is 837 g/mol. The van der Waals surface area contributed by atoms with Gasteiger partial charge in [0.05, 0.1) is 22.2 Å². The van der Waals surface area contributed by atoms with Crippen LogP contribution < -0.4 is 0 Å². The van der Waals surface area contributed by atoms with Crippen molar-refractivity contribution >= 4 is 21.9 Å².